The zero-order chi connectivity index (χ0) is 29.4. The minimum Gasteiger partial charge on any atom is -0.410 e. The highest BCUT2D eigenvalue weighted by molar-refractivity contribution is 6.11. The molecule has 0 bridgehead atoms. The summed E-state index contributed by atoms with van der Waals surface area (Å²) >= 11 is 0. The Morgan fingerprint density at radius 2 is 1.88 bits per heavy atom. The number of benzene rings is 2. The lowest BCUT2D eigenvalue weighted by molar-refractivity contribution is -0.137. The predicted octanol–water partition coefficient (Wildman–Crippen LogP) is 3.16. The van der Waals surface area contributed by atoms with Crippen molar-refractivity contribution in [1.82, 2.24) is 10.2 Å². The van der Waals surface area contributed by atoms with Gasteiger partial charge in [-0.3, -0.25) is 29.4 Å². The Morgan fingerprint density at radius 3 is 2.54 bits per heavy atom. The number of nitrogens with zero attached hydrogens (tertiary/aromatic N) is 3. The number of fused-ring (bicyclic) bond motifs is 3. The summed E-state index contributed by atoms with van der Waals surface area (Å²) < 4.78 is 59.8. The van der Waals surface area contributed by atoms with Crippen LogP contribution >= 0.6 is 0 Å². The molecule has 2 aromatic rings. The first-order valence-corrected chi connectivity index (χ1v) is 12.7. The number of hydrogen-bond acceptors (Lipinski definition) is 6. The number of ether oxygens (including phenoxy) is 1. The summed E-state index contributed by atoms with van der Waals surface area (Å²) in [6.45, 7) is -1.42. The molecular formula is C27H22F4N4O6. The Labute approximate surface area is 229 Å². The zero-order valence-corrected chi connectivity index (χ0v) is 21.5. The monoisotopic (exact) mass is 574 g/mol. The molecule has 6 rings (SSSR count). The van der Waals surface area contributed by atoms with Crippen LogP contribution in [0.1, 0.15) is 47.2 Å². The van der Waals surface area contributed by atoms with E-state index in [4.69, 9.17) is 4.74 Å². The molecule has 5 amide bonds. The van der Waals surface area contributed by atoms with Gasteiger partial charge in [0.05, 0.1) is 16.8 Å². The van der Waals surface area contributed by atoms with Gasteiger partial charge in [-0.1, -0.05) is 6.07 Å². The Bertz CT molecular complexity index is 1550. The van der Waals surface area contributed by atoms with Crippen molar-refractivity contribution in [2.45, 2.75) is 49.9 Å². The molecule has 1 aliphatic carbocycles. The van der Waals surface area contributed by atoms with Crippen molar-refractivity contribution in [2.75, 3.05) is 23.4 Å². The van der Waals surface area contributed by atoms with Crippen molar-refractivity contribution < 1.29 is 46.3 Å². The van der Waals surface area contributed by atoms with Crippen LogP contribution in [0.4, 0.5) is 33.7 Å². The third kappa shape index (κ3) is 4.37. The van der Waals surface area contributed by atoms with E-state index in [2.05, 4.69) is 5.32 Å². The minimum atomic E-state index is -4.68. The SMILES string of the molecule is CN(C(=O)Oc1ccc2c(c1)C(=O)N(C1CCC(=O)NC1=O)C2)c1cc2c(cc1F)N(CC(F)(F)F)C(=O)C21CC1. The largest absolute Gasteiger partial charge is 0.419 e. The third-order valence-electron chi connectivity index (χ3n) is 7.95. The van der Waals surface area contributed by atoms with E-state index in [1.807, 2.05) is 0 Å². The number of anilines is 2. The molecular weight excluding hydrogens is 552 g/mol. The minimum absolute atomic E-state index is 0.0363. The number of nitrogens with one attached hydrogen (secondary N) is 1. The van der Waals surface area contributed by atoms with Crippen molar-refractivity contribution in [1.29, 1.82) is 0 Å². The van der Waals surface area contributed by atoms with Crippen LogP contribution in [0.25, 0.3) is 0 Å². The van der Waals surface area contributed by atoms with Gasteiger partial charge in [-0.15, -0.1) is 0 Å². The molecule has 14 heteroatoms. The Kier molecular flexibility index (Phi) is 5.87. The van der Waals surface area contributed by atoms with Gasteiger partial charge in [0.2, 0.25) is 17.7 Å². The smallest absolute Gasteiger partial charge is 0.410 e. The van der Waals surface area contributed by atoms with Gasteiger partial charge in [-0.05, 0) is 48.6 Å². The fourth-order valence-corrected chi connectivity index (χ4v) is 5.71. The molecule has 4 aliphatic rings. The lowest BCUT2D eigenvalue weighted by Gasteiger charge is -2.29. The molecule has 0 aromatic heterocycles. The Morgan fingerprint density at radius 1 is 1.15 bits per heavy atom. The number of halogens is 4. The van der Waals surface area contributed by atoms with Crippen molar-refractivity contribution in [3.05, 3.63) is 52.8 Å². The first-order valence-electron chi connectivity index (χ1n) is 12.7. The maximum atomic E-state index is 15.1. The summed E-state index contributed by atoms with van der Waals surface area (Å²) in [5, 5.41) is 2.21. The molecule has 1 saturated heterocycles. The number of hydrogen-bond donors (Lipinski definition) is 1. The van der Waals surface area contributed by atoms with Gasteiger partial charge in [-0.25, -0.2) is 9.18 Å². The van der Waals surface area contributed by atoms with Crippen LogP contribution in [0.2, 0.25) is 0 Å². The average Bonchev–Trinajstić information content (AvgIpc) is 3.61. The van der Waals surface area contributed by atoms with Crippen molar-refractivity contribution >= 4 is 41.1 Å². The highest BCUT2D eigenvalue weighted by Gasteiger charge is 2.60. The van der Waals surface area contributed by atoms with Crippen LogP contribution in [0, 0.1) is 5.82 Å². The average molecular weight is 574 g/mol. The lowest BCUT2D eigenvalue weighted by Crippen LogP contribution is -2.52. The molecule has 3 heterocycles. The fraction of sp³-hybridized carbons (Fsp3) is 0.370. The van der Waals surface area contributed by atoms with Crippen LogP contribution in [-0.4, -0.2) is 60.4 Å². The normalized spacial score (nSPS) is 20.8. The van der Waals surface area contributed by atoms with E-state index < -0.39 is 59.7 Å². The quantitative estimate of drug-likeness (QED) is 0.443. The van der Waals surface area contributed by atoms with Crippen LogP contribution in [-0.2, 0) is 26.3 Å². The summed E-state index contributed by atoms with van der Waals surface area (Å²) in [6, 6.07) is 5.51. The standard InChI is InChI=1S/C27H22F4N4O6/c1-33(20-9-16-19(10-17(20)28)35(12-27(29,30)31)24(39)26(16)6-7-26)25(40)41-14-3-2-13-11-34(23(38)15(13)8-14)18-4-5-21(36)32-22(18)37/h2-3,8-10,18H,4-7,11-12H2,1H3,(H,32,36,37). The third-order valence-corrected chi connectivity index (χ3v) is 7.95. The molecule has 2 fully saturated rings. The molecule has 214 valence electrons. The number of imide groups is 1. The van der Waals surface area contributed by atoms with Crippen LogP contribution < -0.4 is 19.9 Å². The predicted molar refractivity (Wildman–Crippen MR) is 133 cm³/mol. The van der Waals surface area contributed by atoms with Crippen LogP contribution in [0.5, 0.6) is 5.75 Å². The molecule has 2 aromatic carbocycles. The second-order valence-corrected chi connectivity index (χ2v) is 10.6. The molecule has 1 atom stereocenters. The van der Waals surface area contributed by atoms with E-state index in [0.29, 0.717) is 23.3 Å². The number of piperidine rings is 1. The number of carbonyl (C=O) groups excluding carboxylic acids is 5. The first kappa shape index (κ1) is 26.7. The van der Waals surface area contributed by atoms with Gasteiger partial charge in [0.25, 0.3) is 5.91 Å². The topological polar surface area (TPSA) is 116 Å². The van der Waals surface area contributed by atoms with E-state index in [0.717, 1.165) is 11.0 Å². The molecule has 1 N–H and O–H groups in total. The van der Waals surface area contributed by atoms with Gasteiger partial charge >= 0.3 is 12.3 Å². The van der Waals surface area contributed by atoms with Gasteiger partial charge in [0.1, 0.15) is 24.2 Å². The van der Waals surface area contributed by atoms with E-state index >= 15 is 4.39 Å². The van der Waals surface area contributed by atoms with Crippen LogP contribution in [0.3, 0.4) is 0 Å². The number of alkyl halides is 3. The summed E-state index contributed by atoms with van der Waals surface area (Å²) in [5.41, 5.74) is -0.624. The molecule has 41 heavy (non-hydrogen) atoms. The Hall–Kier alpha value is -4.49. The lowest BCUT2D eigenvalue weighted by atomic mass is 9.97. The van der Waals surface area contributed by atoms with Crippen molar-refractivity contribution in [3.8, 4) is 5.75 Å². The number of carbonyl (C=O) groups is 5. The first-order chi connectivity index (χ1) is 19.3. The molecule has 1 spiro atoms. The van der Waals surface area contributed by atoms with E-state index in [9.17, 15) is 37.1 Å². The number of rotatable bonds is 4. The zero-order valence-electron chi connectivity index (χ0n) is 21.5. The molecule has 1 unspecified atom stereocenters. The van der Waals surface area contributed by atoms with Gasteiger partial charge in [0, 0.05) is 31.6 Å². The van der Waals surface area contributed by atoms with Gasteiger partial charge in [0.15, 0.2) is 0 Å². The van der Waals surface area contributed by atoms with E-state index in [-0.39, 0.29) is 47.6 Å². The van der Waals surface area contributed by atoms with Gasteiger partial charge < -0.3 is 14.5 Å². The second-order valence-electron chi connectivity index (χ2n) is 10.6. The molecule has 10 nitrogen and oxygen atoms in total. The highest BCUT2D eigenvalue weighted by Crippen LogP contribution is 2.58. The molecule has 3 aliphatic heterocycles. The molecule has 1 saturated carbocycles. The summed E-state index contributed by atoms with van der Waals surface area (Å²) in [4.78, 5) is 65.2. The summed E-state index contributed by atoms with van der Waals surface area (Å²) in [6.07, 6.45) is -4.82. The van der Waals surface area contributed by atoms with Crippen molar-refractivity contribution in [2.24, 2.45) is 0 Å². The maximum Gasteiger partial charge on any atom is 0.419 e. The Balaban J connectivity index is 1.21. The highest BCUT2D eigenvalue weighted by atomic mass is 19.4. The van der Waals surface area contributed by atoms with Gasteiger partial charge in [-0.2, -0.15) is 13.2 Å². The summed E-state index contributed by atoms with van der Waals surface area (Å²) in [5.74, 6) is -3.26. The second kappa shape index (κ2) is 9.01. The fourth-order valence-electron chi connectivity index (χ4n) is 5.71. The van der Waals surface area contributed by atoms with E-state index in [1.165, 1.54) is 30.1 Å². The maximum absolute atomic E-state index is 15.1. The molecule has 0 radical (unpaired) electrons. The summed E-state index contributed by atoms with van der Waals surface area (Å²) in [7, 11) is 1.21. The number of amides is 5. The van der Waals surface area contributed by atoms with E-state index in [1.54, 1.807) is 6.07 Å². The van der Waals surface area contributed by atoms with Crippen molar-refractivity contribution in [3.63, 3.8) is 0 Å². The van der Waals surface area contributed by atoms with Crippen LogP contribution in [0.15, 0.2) is 30.3 Å².